The van der Waals surface area contributed by atoms with E-state index in [1.54, 1.807) is 47.3 Å². The minimum Gasteiger partial charge on any atom is -0.384 e. The molecule has 0 saturated heterocycles. The molecule has 0 radical (unpaired) electrons. The van der Waals surface area contributed by atoms with E-state index in [1.807, 2.05) is 30.3 Å². The summed E-state index contributed by atoms with van der Waals surface area (Å²) in [6.45, 7) is 0.244. The van der Waals surface area contributed by atoms with Crippen LogP contribution in [0, 0.1) is 21.4 Å². The van der Waals surface area contributed by atoms with E-state index >= 15 is 0 Å². The van der Waals surface area contributed by atoms with Gasteiger partial charge in [-0.15, -0.1) is 0 Å². The van der Waals surface area contributed by atoms with Gasteiger partial charge in [0.05, 0.1) is 34.7 Å². The van der Waals surface area contributed by atoms with Gasteiger partial charge in [-0.1, -0.05) is 71.7 Å². The van der Waals surface area contributed by atoms with E-state index in [1.165, 1.54) is 11.0 Å². The average Bonchev–Trinajstić information content (AvgIpc) is 3.42. The zero-order valence-electron chi connectivity index (χ0n) is 22.7. The molecule has 1 aliphatic carbocycles. The second kappa shape index (κ2) is 11.4. The molecule has 0 unspecified atom stereocenters. The van der Waals surface area contributed by atoms with Gasteiger partial charge in [0.1, 0.15) is 11.5 Å². The molecule has 3 aromatic carbocycles. The summed E-state index contributed by atoms with van der Waals surface area (Å²) >= 11 is 13.0. The highest BCUT2D eigenvalue weighted by atomic mass is 35.5. The number of allylic oxidation sites excluding steroid dienone is 3. The number of nitrogens with two attached hydrogens (primary N) is 1. The quantitative estimate of drug-likeness (QED) is 0.181. The largest absolute Gasteiger partial charge is 0.384 e. The molecule has 0 fully saturated rings. The summed E-state index contributed by atoms with van der Waals surface area (Å²) in [6.07, 6.45) is 3.08. The maximum atomic E-state index is 13.8. The van der Waals surface area contributed by atoms with Crippen molar-refractivity contribution in [1.82, 2.24) is 9.78 Å². The Hall–Kier alpha value is -4.91. The Morgan fingerprint density at radius 2 is 1.72 bits per heavy atom. The summed E-state index contributed by atoms with van der Waals surface area (Å²) in [5, 5.41) is 28.4. The van der Waals surface area contributed by atoms with Crippen LogP contribution in [0.5, 0.6) is 0 Å². The van der Waals surface area contributed by atoms with Crippen molar-refractivity contribution in [2.75, 3.05) is 4.90 Å². The van der Waals surface area contributed by atoms with Crippen molar-refractivity contribution in [1.29, 1.82) is 5.26 Å². The third kappa shape index (κ3) is 4.95. The molecule has 2 heterocycles. The molecule has 0 saturated carbocycles. The van der Waals surface area contributed by atoms with Crippen molar-refractivity contribution >= 4 is 40.4 Å². The molecule has 2 N–H and O–H groups in total. The van der Waals surface area contributed by atoms with Crippen molar-refractivity contribution in [3.63, 3.8) is 0 Å². The molecule has 1 atom stereocenters. The zero-order chi connectivity index (χ0) is 30.2. The number of para-hydroxylation sites is 2. The highest BCUT2D eigenvalue weighted by Gasteiger charge is 2.43. The number of nitriles is 1. The molecule has 214 valence electrons. The van der Waals surface area contributed by atoms with Crippen LogP contribution in [0.1, 0.15) is 36.3 Å². The fourth-order valence-corrected chi connectivity index (χ4v) is 6.39. The van der Waals surface area contributed by atoms with Gasteiger partial charge in [0.2, 0.25) is 0 Å². The molecular weight excluding hydrogens is 587 g/mol. The number of anilines is 1. The number of carbonyl (C=O) groups is 1. The van der Waals surface area contributed by atoms with Crippen LogP contribution in [-0.4, -0.2) is 20.5 Å². The van der Waals surface area contributed by atoms with Crippen molar-refractivity contribution in [3.05, 3.63) is 133 Å². The Morgan fingerprint density at radius 3 is 2.42 bits per heavy atom. The third-order valence-corrected chi connectivity index (χ3v) is 8.47. The maximum absolute atomic E-state index is 13.8. The summed E-state index contributed by atoms with van der Waals surface area (Å²) in [4.78, 5) is 26.7. The van der Waals surface area contributed by atoms with Gasteiger partial charge in [-0.3, -0.25) is 24.5 Å². The lowest BCUT2D eigenvalue weighted by Gasteiger charge is -2.39. The van der Waals surface area contributed by atoms with Crippen LogP contribution in [0.3, 0.4) is 0 Å². The standard InChI is InChI=1S/C32H24Cl2N6O3/c33-23-10-6-11-24(34)21(23)17-38-18-22(31(37-38)19-8-2-1-3-9-19)29-20(16-35)32(36)39(27-14-7-15-28(41)30(27)29)25-12-4-5-13-26(25)40(42)43/h1-6,8-13,18,29H,7,14-15,17,36H2/t29-/m1/s1. The monoisotopic (exact) mass is 610 g/mol. The normalized spacial score (nSPS) is 16.7. The molecule has 1 aliphatic heterocycles. The second-order valence-corrected chi connectivity index (χ2v) is 11.1. The van der Waals surface area contributed by atoms with Gasteiger partial charge in [0.25, 0.3) is 5.69 Å². The summed E-state index contributed by atoms with van der Waals surface area (Å²) in [6, 6.07) is 23.1. The number of rotatable bonds is 6. The van der Waals surface area contributed by atoms with Crippen LogP contribution in [0.2, 0.25) is 10.0 Å². The minimum atomic E-state index is -0.836. The van der Waals surface area contributed by atoms with Crippen molar-refractivity contribution in [3.8, 4) is 17.3 Å². The molecular formula is C32H24Cl2N6O3. The van der Waals surface area contributed by atoms with Crippen molar-refractivity contribution < 1.29 is 9.72 Å². The highest BCUT2D eigenvalue weighted by Crippen LogP contribution is 2.49. The Morgan fingerprint density at radius 1 is 1.02 bits per heavy atom. The van der Waals surface area contributed by atoms with E-state index in [0.29, 0.717) is 51.0 Å². The first-order valence-electron chi connectivity index (χ1n) is 13.5. The predicted molar refractivity (Wildman–Crippen MR) is 164 cm³/mol. The number of nitro groups is 1. The SMILES string of the molecule is N#CC1=C(N)N(c2ccccc2[N+](=O)[O-])C2=C(C(=O)CCC2)[C@H]1c1cn(Cc2c(Cl)cccc2Cl)nc1-c1ccccc1. The summed E-state index contributed by atoms with van der Waals surface area (Å²) < 4.78 is 1.69. The van der Waals surface area contributed by atoms with Crippen molar-refractivity contribution in [2.45, 2.75) is 31.7 Å². The van der Waals surface area contributed by atoms with E-state index in [2.05, 4.69) is 6.07 Å². The van der Waals surface area contributed by atoms with Gasteiger partial charge in [0, 0.05) is 56.7 Å². The molecule has 2 aliphatic rings. The Kier molecular flexibility index (Phi) is 7.48. The van der Waals surface area contributed by atoms with Crippen molar-refractivity contribution in [2.24, 2.45) is 5.73 Å². The van der Waals surface area contributed by atoms with E-state index in [4.69, 9.17) is 34.0 Å². The molecule has 0 spiro atoms. The Bertz CT molecular complexity index is 1870. The number of carbonyl (C=O) groups excluding carboxylic acids is 1. The average molecular weight is 611 g/mol. The van der Waals surface area contributed by atoms with Crippen LogP contribution < -0.4 is 10.6 Å². The van der Waals surface area contributed by atoms with Crippen LogP contribution in [0.15, 0.2) is 102 Å². The fraction of sp³-hybridized carbons (Fsp3) is 0.156. The molecule has 9 nitrogen and oxygen atoms in total. The maximum Gasteiger partial charge on any atom is 0.293 e. The Labute approximate surface area is 257 Å². The number of aromatic nitrogens is 2. The highest BCUT2D eigenvalue weighted by molar-refractivity contribution is 6.36. The molecule has 0 amide bonds. The molecule has 6 rings (SSSR count). The number of hydrogen-bond donors (Lipinski definition) is 1. The molecule has 4 aromatic rings. The third-order valence-electron chi connectivity index (χ3n) is 7.76. The topological polar surface area (TPSA) is 131 Å². The Balaban J connectivity index is 1.59. The number of benzene rings is 3. The smallest absolute Gasteiger partial charge is 0.293 e. The summed E-state index contributed by atoms with van der Waals surface area (Å²) in [5.74, 6) is -0.940. The van der Waals surface area contributed by atoms with Crippen LogP contribution >= 0.6 is 23.2 Å². The predicted octanol–water partition coefficient (Wildman–Crippen LogP) is 7.12. The molecule has 11 heteroatoms. The summed E-state index contributed by atoms with van der Waals surface area (Å²) in [7, 11) is 0. The molecule has 43 heavy (non-hydrogen) atoms. The number of ketones is 1. The first-order chi connectivity index (χ1) is 20.8. The molecule has 1 aromatic heterocycles. The first kappa shape index (κ1) is 28.2. The number of hydrogen-bond acceptors (Lipinski definition) is 7. The van der Waals surface area contributed by atoms with Gasteiger partial charge in [0.15, 0.2) is 5.78 Å². The van der Waals surface area contributed by atoms with Gasteiger partial charge < -0.3 is 5.73 Å². The first-order valence-corrected chi connectivity index (χ1v) is 14.3. The van der Waals surface area contributed by atoms with E-state index < -0.39 is 10.8 Å². The fourth-order valence-electron chi connectivity index (χ4n) is 5.88. The number of Topliss-reactive ketones (excluding diaryl/α,β-unsaturated/α-hetero) is 1. The zero-order valence-corrected chi connectivity index (χ0v) is 24.2. The molecule has 0 bridgehead atoms. The van der Waals surface area contributed by atoms with Gasteiger partial charge in [-0.25, -0.2) is 0 Å². The minimum absolute atomic E-state index is 0.0381. The lowest BCUT2D eigenvalue weighted by Crippen LogP contribution is -2.39. The number of nitrogens with zero attached hydrogens (tertiary/aromatic N) is 5. The number of nitro benzene ring substituents is 1. The van der Waals surface area contributed by atoms with Crippen LogP contribution in [-0.2, 0) is 11.3 Å². The van der Waals surface area contributed by atoms with E-state index in [-0.39, 0.29) is 41.5 Å². The van der Waals surface area contributed by atoms with Gasteiger partial charge in [-0.2, -0.15) is 10.4 Å². The van der Waals surface area contributed by atoms with Crippen LogP contribution in [0.25, 0.3) is 11.3 Å². The lowest BCUT2D eigenvalue weighted by atomic mass is 9.75. The van der Waals surface area contributed by atoms with E-state index in [9.17, 15) is 20.2 Å². The second-order valence-electron chi connectivity index (χ2n) is 10.3. The van der Waals surface area contributed by atoms with E-state index in [0.717, 1.165) is 5.56 Å². The lowest BCUT2D eigenvalue weighted by molar-refractivity contribution is -0.384. The summed E-state index contributed by atoms with van der Waals surface area (Å²) in [5.41, 5.74) is 10.4. The number of halogens is 2. The van der Waals surface area contributed by atoms with Gasteiger partial charge >= 0.3 is 0 Å². The van der Waals surface area contributed by atoms with Gasteiger partial charge in [-0.05, 0) is 31.0 Å². The van der Waals surface area contributed by atoms with Crippen LogP contribution in [0.4, 0.5) is 11.4 Å².